The Morgan fingerprint density at radius 1 is 1.38 bits per heavy atom. The lowest BCUT2D eigenvalue weighted by Crippen LogP contribution is -2.33. The molecule has 5 nitrogen and oxygen atoms in total. The number of ether oxygens (including phenoxy) is 1. The van der Waals surface area contributed by atoms with Crippen molar-refractivity contribution in [3.63, 3.8) is 0 Å². The molecule has 1 heterocycles. The second-order valence-corrected chi connectivity index (χ2v) is 6.31. The number of nitrogens with one attached hydrogen (secondary N) is 1. The fourth-order valence-corrected chi connectivity index (χ4v) is 2.22. The van der Waals surface area contributed by atoms with E-state index in [0.29, 0.717) is 24.9 Å². The lowest BCUT2D eigenvalue weighted by atomic mass is 10.1. The molecule has 116 valence electrons. The Hall–Kier alpha value is -1.56. The first-order valence-electron chi connectivity index (χ1n) is 6.82. The first kappa shape index (κ1) is 17.5. The molecule has 1 rings (SSSR count). The molecule has 0 saturated heterocycles. The van der Waals surface area contributed by atoms with Crippen LogP contribution in [0.15, 0.2) is 23.4 Å². The van der Waals surface area contributed by atoms with Crippen molar-refractivity contribution in [1.82, 2.24) is 10.3 Å². The van der Waals surface area contributed by atoms with E-state index in [0.717, 1.165) is 5.03 Å². The summed E-state index contributed by atoms with van der Waals surface area (Å²) >= 11 is 1.45. The standard InChI is InChI=1S/C15H22N2O3S/c1-15(2,3)20-14(19)17-10-6-8-12(18)11-7-5-9-16-13(11)21-4/h5,7,9H,6,8,10H2,1-4H3,(H,17,19). The summed E-state index contributed by atoms with van der Waals surface area (Å²) in [4.78, 5) is 27.7. The summed E-state index contributed by atoms with van der Waals surface area (Å²) in [6.07, 6.45) is 4.05. The molecule has 0 aliphatic heterocycles. The van der Waals surface area contributed by atoms with Crippen molar-refractivity contribution in [2.24, 2.45) is 0 Å². The maximum atomic E-state index is 12.1. The number of amides is 1. The van der Waals surface area contributed by atoms with Crippen molar-refractivity contribution < 1.29 is 14.3 Å². The van der Waals surface area contributed by atoms with Gasteiger partial charge in [0.05, 0.1) is 0 Å². The summed E-state index contributed by atoms with van der Waals surface area (Å²) in [6.45, 7) is 5.84. The Morgan fingerprint density at radius 3 is 2.71 bits per heavy atom. The molecule has 0 aliphatic carbocycles. The highest BCUT2D eigenvalue weighted by molar-refractivity contribution is 7.98. The normalized spacial score (nSPS) is 11.0. The molecule has 1 N–H and O–H groups in total. The highest BCUT2D eigenvalue weighted by atomic mass is 32.2. The number of hydrogen-bond donors (Lipinski definition) is 1. The molecule has 0 atom stereocenters. The van der Waals surface area contributed by atoms with Gasteiger partial charge in [-0.15, -0.1) is 11.8 Å². The molecular formula is C15H22N2O3S. The second kappa shape index (κ2) is 8.02. The highest BCUT2D eigenvalue weighted by Crippen LogP contribution is 2.18. The van der Waals surface area contributed by atoms with E-state index in [4.69, 9.17) is 4.74 Å². The zero-order valence-corrected chi connectivity index (χ0v) is 13.8. The third-order valence-corrected chi connectivity index (χ3v) is 3.23. The number of carbonyl (C=O) groups is 2. The monoisotopic (exact) mass is 310 g/mol. The number of Topliss-reactive ketones (excluding diaryl/α,β-unsaturated/α-hetero) is 1. The van der Waals surface area contributed by atoms with Crippen LogP contribution in [0, 0.1) is 0 Å². The topological polar surface area (TPSA) is 68.3 Å². The van der Waals surface area contributed by atoms with E-state index < -0.39 is 11.7 Å². The van der Waals surface area contributed by atoms with Crippen LogP contribution in [0.5, 0.6) is 0 Å². The number of thioether (sulfide) groups is 1. The SMILES string of the molecule is CSc1ncccc1C(=O)CCCNC(=O)OC(C)(C)C. The highest BCUT2D eigenvalue weighted by Gasteiger charge is 2.16. The minimum atomic E-state index is -0.511. The number of hydrogen-bond acceptors (Lipinski definition) is 5. The Labute approximate surface area is 129 Å². The first-order valence-corrected chi connectivity index (χ1v) is 8.05. The van der Waals surface area contributed by atoms with E-state index >= 15 is 0 Å². The van der Waals surface area contributed by atoms with Crippen LogP contribution in [-0.4, -0.2) is 35.3 Å². The molecule has 0 spiro atoms. The molecule has 0 radical (unpaired) electrons. The molecule has 0 fully saturated rings. The molecule has 0 saturated carbocycles. The van der Waals surface area contributed by atoms with Crippen molar-refractivity contribution in [3.8, 4) is 0 Å². The molecule has 0 unspecified atom stereocenters. The zero-order valence-electron chi connectivity index (χ0n) is 12.9. The van der Waals surface area contributed by atoms with Crippen LogP contribution >= 0.6 is 11.8 Å². The molecule has 0 bridgehead atoms. The van der Waals surface area contributed by atoms with E-state index in [1.54, 1.807) is 18.3 Å². The van der Waals surface area contributed by atoms with Crippen LogP contribution in [0.1, 0.15) is 44.0 Å². The molecular weight excluding hydrogens is 288 g/mol. The van der Waals surface area contributed by atoms with Crippen molar-refractivity contribution in [2.75, 3.05) is 12.8 Å². The van der Waals surface area contributed by atoms with Gasteiger partial charge in [0, 0.05) is 24.7 Å². The van der Waals surface area contributed by atoms with Gasteiger partial charge in [-0.2, -0.15) is 0 Å². The predicted molar refractivity (Wildman–Crippen MR) is 83.8 cm³/mol. The summed E-state index contributed by atoms with van der Waals surface area (Å²) in [5, 5.41) is 3.38. The van der Waals surface area contributed by atoms with Gasteiger partial charge in [-0.25, -0.2) is 9.78 Å². The molecule has 0 aliphatic rings. The Balaban J connectivity index is 2.36. The van der Waals surface area contributed by atoms with E-state index in [1.807, 2.05) is 27.0 Å². The van der Waals surface area contributed by atoms with Crippen molar-refractivity contribution in [1.29, 1.82) is 0 Å². The minimum Gasteiger partial charge on any atom is -0.444 e. The van der Waals surface area contributed by atoms with Crippen LogP contribution < -0.4 is 5.32 Å². The Bertz CT molecular complexity index is 498. The summed E-state index contributed by atoms with van der Waals surface area (Å²) in [5.41, 5.74) is 0.130. The van der Waals surface area contributed by atoms with Crippen LogP contribution in [0.4, 0.5) is 4.79 Å². The lowest BCUT2D eigenvalue weighted by molar-refractivity contribution is 0.0525. The van der Waals surface area contributed by atoms with E-state index in [1.165, 1.54) is 11.8 Å². The van der Waals surface area contributed by atoms with Crippen molar-refractivity contribution >= 4 is 23.6 Å². The Kier molecular flexibility index (Phi) is 6.68. The predicted octanol–water partition coefficient (Wildman–Crippen LogP) is 3.29. The minimum absolute atomic E-state index is 0.0402. The average Bonchev–Trinajstić information content (AvgIpc) is 2.41. The van der Waals surface area contributed by atoms with Crippen LogP contribution in [0.3, 0.4) is 0 Å². The van der Waals surface area contributed by atoms with E-state index in [9.17, 15) is 9.59 Å². The number of alkyl carbamates (subject to hydrolysis) is 1. The smallest absolute Gasteiger partial charge is 0.407 e. The number of carbonyl (C=O) groups excluding carboxylic acids is 2. The summed E-state index contributed by atoms with van der Waals surface area (Å²) < 4.78 is 5.12. The number of rotatable bonds is 6. The van der Waals surface area contributed by atoms with Crippen molar-refractivity contribution in [2.45, 2.75) is 44.2 Å². The van der Waals surface area contributed by atoms with Gasteiger partial charge in [0.25, 0.3) is 0 Å². The maximum Gasteiger partial charge on any atom is 0.407 e. The van der Waals surface area contributed by atoms with Gasteiger partial charge in [-0.1, -0.05) is 0 Å². The van der Waals surface area contributed by atoms with Gasteiger partial charge in [0.2, 0.25) is 0 Å². The van der Waals surface area contributed by atoms with Gasteiger partial charge < -0.3 is 10.1 Å². The quantitative estimate of drug-likeness (QED) is 0.496. The number of aromatic nitrogens is 1. The van der Waals surface area contributed by atoms with Gasteiger partial charge in [0.1, 0.15) is 10.6 Å². The van der Waals surface area contributed by atoms with E-state index in [-0.39, 0.29) is 5.78 Å². The third-order valence-electron chi connectivity index (χ3n) is 2.51. The van der Waals surface area contributed by atoms with Crippen LogP contribution in [0.2, 0.25) is 0 Å². The maximum absolute atomic E-state index is 12.1. The van der Waals surface area contributed by atoms with Gasteiger partial charge in [-0.3, -0.25) is 4.79 Å². The third kappa shape index (κ3) is 6.62. The number of pyridine rings is 1. The lowest BCUT2D eigenvalue weighted by Gasteiger charge is -2.19. The molecule has 6 heteroatoms. The largest absolute Gasteiger partial charge is 0.444 e. The van der Waals surface area contributed by atoms with Crippen molar-refractivity contribution in [3.05, 3.63) is 23.9 Å². The molecule has 1 aromatic heterocycles. The second-order valence-electron chi connectivity index (χ2n) is 5.52. The molecule has 0 aromatic carbocycles. The first-order chi connectivity index (χ1) is 9.83. The van der Waals surface area contributed by atoms with Gasteiger partial charge in [-0.05, 0) is 45.6 Å². The summed E-state index contributed by atoms with van der Waals surface area (Å²) in [5.74, 6) is 0.0402. The number of ketones is 1. The summed E-state index contributed by atoms with van der Waals surface area (Å²) in [6, 6.07) is 3.54. The van der Waals surface area contributed by atoms with Gasteiger partial charge >= 0.3 is 6.09 Å². The fourth-order valence-electron chi connectivity index (χ4n) is 1.65. The fraction of sp³-hybridized carbons (Fsp3) is 0.533. The van der Waals surface area contributed by atoms with E-state index in [2.05, 4.69) is 10.3 Å². The molecule has 21 heavy (non-hydrogen) atoms. The summed E-state index contributed by atoms with van der Waals surface area (Å²) in [7, 11) is 0. The molecule has 1 amide bonds. The average molecular weight is 310 g/mol. The van der Waals surface area contributed by atoms with Crippen LogP contribution in [0.25, 0.3) is 0 Å². The number of nitrogens with zero attached hydrogens (tertiary/aromatic N) is 1. The van der Waals surface area contributed by atoms with Crippen LogP contribution in [-0.2, 0) is 4.74 Å². The zero-order chi connectivity index (χ0) is 15.9. The van der Waals surface area contributed by atoms with Gasteiger partial charge in [0.15, 0.2) is 5.78 Å². The Morgan fingerprint density at radius 2 is 2.10 bits per heavy atom. The molecule has 1 aromatic rings.